The van der Waals surface area contributed by atoms with Crippen LogP contribution in [0.3, 0.4) is 0 Å². The predicted octanol–water partition coefficient (Wildman–Crippen LogP) is 3.04. The lowest BCUT2D eigenvalue weighted by atomic mass is 10.1. The summed E-state index contributed by atoms with van der Waals surface area (Å²) in [4.78, 5) is 15.5. The van der Waals surface area contributed by atoms with E-state index >= 15 is 0 Å². The molecule has 22 heavy (non-hydrogen) atoms. The summed E-state index contributed by atoms with van der Waals surface area (Å²) in [6, 6.07) is 2.09. The second kappa shape index (κ2) is 6.57. The number of nitrogens with zero attached hydrogens (tertiary/aromatic N) is 4. The maximum absolute atomic E-state index is 5.69. The van der Waals surface area contributed by atoms with Gasteiger partial charge in [-0.05, 0) is 51.2 Å². The normalized spacial score (nSPS) is 18.0. The standard InChI is InChI=1S/C17H24N4O/c1-12-10-13(2)20-16-15(12)17(19-11-18-16)21(3)8-4-6-14-7-5-9-22-14/h10-11,14H,4-9H2,1-3H3/t14-/m1/s1. The van der Waals surface area contributed by atoms with Crippen molar-refractivity contribution < 1.29 is 4.74 Å². The number of hydrogen-bond acceptors (Lipinski definition) is 5. The average molecular weight is 300 g/mol. The molecule has 0 aliphatic carbocycles. The van der Waals surface area contributed by atoms with Crippen molar-refractivity contribution >= 4 is 16.9 Å². The minimum absolute atomic E-state index is 0.460. The first-order chi connectivity index (χ1) is 10.6. The van der Waals surface area contributed by atoms with E-state index in [1.807, 2.05) is 6.92 Å². The van der Waals surface area contributed by atoms with Crippen LogP contribution in [0, 0.1) is 13.8 Å². The van der Waals surface area contributed by atoms with Crippen LogP contribution in [-0.4, -0.2) is 41.3 Å². The van der Waals surface area contributed by atoms with Gasteiger partial charge in [0.25, 0.3) is 0 Å². The van der Waals surface area contributed by atoms with Gasteiger partial charge >= 0.3 is 0 Å². The zero-order valence-electron chi connectivity index (χ0n) is 13.7. The molecule has 0 aromatic carbocycles. The Labute approximate surface area is 131 Å². The molecule has 0 N–H and O–H groups in total. The second-order valence-electron chi connectivity index (χ2n) is 6.18. The highest BCUT2D eigenvalue weighted by molar-refractivity contribution is 5.89. The second-order valence-corrected chi connectivity index (χ2v) is 6.18. The van der Waals surface area contributed by atoms with Crippen LogP contribution in [0.25, 0.3) is 11.0 Å². The molecule has 0 unspecified atom stereocenters. The number of rotatable bonds is 5. The molecule has 2 aromatic heterocycles. The summed E-state index contributed by atoms with van der Waals surface area (Å²) in [5.41, 5.74) is 2.97. The van der Waals surface area contributed by atoms with Gasteiger partial charge in [0, 0.05) is 25.9 Å². The van der Waals surface area contributed by atoms with Crippen LogP contribution in [0.1, 0.15) is 36.9 Å². The first kappa shape index (κ1) is 15.2. The zero-order chi connectivity index (χ0) is 15.5. The smallest absolute Gasteiger partial charge is 0.165 e. The van der Waals surface area contributed by atoms with E-state index in [0.29, 0.717) is 6.10 Å². The van der Waals surface area contributed by atoms with E-state index in [2.05, 4.69) is 39.9 Å². The third-order valence-corrected chi connectivity index (χ3v) is 4.31. The monoisotopic (exact) mass is 300 g/mol. The molecular formula is C17H24N4O. The van der Waals surface area contributed by atoms with Crippen molar-refractivity contribution in [1.29, 1.82) is 0 Å². The van der Waals surface area contributed by atoms with Crippen LogP contribution in [-0.2, 0) is 4.74 Å². The lowest BCUT2D eigenvalue weighted by Gasteiger charge is -2.21. The first-order valence-corrected chi connectivity index (χ1v) is 8.07. The van der Waals surface area contributed by atoms with Crippen LogP contribution in [0.5, 0.6) is 0 Å². The van der Waals surface area contributed by atoms with Gasteiger partial charge in [-0.2, -0.15) is 0 Å². The molecule has 1 fully saturated rings. The van der Waals surface area contributed by atoms with E-state index in [1.165, 1.54) is 18.4 Å². The van der Waals surface area contributed by atoms with E-state index in [-0.39, 0.29) is 0 Å². The molecule has 0 saturated carbocycles. The molecule has 1 atom stereocenters. The number of hydrogen-bond donors (Lipinski definition) is 0. The molecule has 118 valence electrons. The van der Waals surface area contributed by atoms with Gasteiger partial charge in [0.2, 0.25) is 0 Å². The lowest BCUT2D eigenvalue weighted by Crippen LogP contribution is -2.22. The van der Waals surface area contributed by atoms with Gasteiger partial charge in [0.05, 0.1) is 11.5 Å². The summed E-state index contributed by atoms with van der Waals surface area (Å²) >= 11 is 0. The van der Waals surface area contributed by atoms with Gasteiger partial charge in [-0.25, -0.2) is 15.0 Å². The van der Waals surface area contributed by atoms with Gasteiger partial charge in [-0.1, -0.05) is 0 Å². The van der Waals surface area contributed by atoms with E-state index < -0.39 is 0 Å². The summed E-state index contributed by atoms with van der Waals surface area (Å²) < 4.78 is 5.69. The van der Waals surface area contributed by atoms with Gasteiger partial charge in [-0.15, -0.1) is 0 Å². The largest absolute Gasteiger partial charge is 0.378 e. The quantitative estimate of drug-likeness (QED) is 0.849. The highest BCUT2D eigenvalue weighted by Crippen LogP contribution is 2.25. The van der Waals surface area contributed by atoms with E-state index in [0.717, 1.165) is 48.5 Å². The predicted molar refractivity (Wildman–Crippen MR) is 88.3 cm³/mol. The molecule has 0 bridgehead atoms. The Bertz CT molecular complexity index is 652. The molecule has 3 rings (SSSR count). The van der Waals surface area contributed by atoms with Crippen molar-refractivity contribution in [2.24, 2.45) is 0 Å². The van der Waals surface area contributed by atoms with Crippen molar-refractivity contribution in [2.75, 3.05) is 25.1 Å². The Morgan fingerprint density at radius 3 is 2.95 bits per heavy atom. The maximum Gasteiger partial charge on any atom is 0.165 e. The summed E-state index contributed by atoms with van der Waals surface area (Å²) in [6.07, 6.45) is 6.74. The van der Waals surface area contributed by atoms with Gasteiger partial charge in [0.1, 0.15) is 12.1 Å². The molecule has 0 radical (unpaired) electrons. The third kappa shape index (κ3) is 3.19. The molecule has 1 aliphatic rings. The Kier molecular flexibility index (Phi) is 4.52. The fraction of sp³-hybridized carbons (Fsp3) is 0.588. The van der Waals surface area contributed by atoms with Crippen molar-refractivity contribution in [3.8, 4) is 0 Å². The van der Waals surface area contributed by atoms with Crippen LogP contribution in [0.2, 0.25) is 0 Å². The maximum atomic E-state index is 5.69. The van der Waals surface area contributed by atoms with Crippen LogP contribution in [0.15, 0.2) is 12.4 Å². The van der Waals surface area contributed by atoms with Crippen molar-refractivity contribution in [1.82, 2.24) is 15.0 Å². The topological polar surface area (TPSA) is 51.1 Å². The molecule has 0 amide bonds. The fourth-order valence-electron chi connectivity index (χ4n) is 3.21. The van der Waals surface area contributed by atoms with E-state index in [9.17, 15) is 0 Å². The van der Waals surface area contributed by atoms with E-state index in [4.69, 9.17) is 4.74 Å². The molecular weight excluding hydrogens is 276 g/mol. The van der Waals surface area contributed by atoms with Crippen molar-refractivity contribution in [3.05, 3.63) is 23.7 Å². The number of aromatic nitrogens is 3. The SMILES string of the molecule is Cc1cc(C)c2c(N(C)CCC[C@@H]3CCCO3)ncnc2n1. The number of pyridine rings is 1. The van der Waals surface area contributed by atoms with Crippen molar-refractivity contribution in [3.63, 3.8) is 0 Å². The minimum Gasteiger partial charge on any atom is -0.378 e. The molecule has 0 spiro atoms. The Morgan fingerprint density at radius 1 is 1.32 bits per heavy atom. The molecule has 5 nitrogen and oxygen atoms in total. The number of anilines is 1. The first-order valence-electron chi connectivity index (χ1n) is 8.07. The summed E-state index contributed by atoms with van der Waals surface area (Å²) in [7, 11) is 2.09. The number of ether oxygens (including phenoxy) is 1. The zero-order valence-corrected chi connectivity index (χ0v) is 13.7. The molecule has 2 aromatic rings. The van der Waals surface area contributed by atoms with Crippen LogP contribution < -0.4 is 4.90 Å². The Morgan fingerprint density at radius 2 is 2.18 bits per heavy atom. The summed E-state index contributed by atoms with van der Waals surface area (Å²) in [5.74, 6) is 0.974. The van der Waals surface area contributed by atoms with E-state index in [1.54, 1.807) is 6.33 Å². The third-order valence-electron chi connectivity index (χ3n) is 4.31. The van der Waals surface area contributed by atoms with Gasteiger partial charge in [0.15, 0.2) is 5.65 Å². The highest BCUT2D eigenvalue weighted by atomic mass is 16.5. The van der Waals surface area contributed by atoms with Gasteiger partial charge < -0.3 is 9.64 Å². The number of fused-ring (bicyclic) bond motifs is 1. The van der Waals surface area contributed by atoms with Crippen molar-refractivity contribution in [2.45, 2.75) is 45.6 Å². The van der Waals surface area contributed by atoms with Crippen LogP contribution in [0.4, 0.5) is 5.82 Å². The van der Waals surface area contributed by atoms with Gasteiger partial charge in [-0.3, -0.25) is 0 Å². The average Bonchev–Trinajstić information content (AvgIpc) is 2.99. The summed E-state index contributed by atoms with van der Waals surface area (Å²) in [6.45, 7) is 6.00. The Balaban J connectivity index is 1.74. The number of aryl methyl sites for hydroxylation is 2. The Hall–Kier alpha value is -1.75. The minimum atomic E-state index is 0.460. The molecule has 1 aliphatic heterocycles. The lowest BCUT2D eigenvalue weighted by molar-refractivity contribution is 0.103. The molecule has 5 heteroatoms. The van der Waals surface area contributed by atoms with Crippen LogP contribution >= 0.6 is 0 Å². The summed E-state index contributed by atoms with van der Waals surface area (Å²) in [5, 5.41) is 1.06. The molecule has 3 heterocycles. The highest BCUT2D eigenvalue weighted by Gasteiger charge is 2.16. The molecule has 1 saturated heterocycles. The fourth-order valence-corrected chi connectivity index (χ4v) is 3.21.